The molecule has 0 saturated carbocycles. The number of aromatic nitrogens is 2. The smallest absolute Gasteiger partial charge is 0.270 e. The highest BCUT2D eigenvalue weighted by Crippen LogP contribution is 2.22. The Labute approximate surface area is 186 Å². The second-order valence-corrected chi connectivity index (χ2v) is 8.18. The third-order valence-electron chi connectivity index (χ3n) is 5.97. The van der Waals surface area contributed by atoms with Gasteiger partial charge in [0.05, 0.1) is 6.04 Å². The fourth-order valence-electron chi connectivity index (χ4n) is 4.35. The number of amides is 2. The summed E-state index contributed by atoms with van der Waals surface area (Å²) in [7, 11) is 0. The molecule has 32 heavy (non-hydrogen) atoms. The van der Waals surface area contributed by atoms with E-state index in [9.17, 15) is 9.59 Å². The molecule has 2 aromatic carbocycles. The Morgan fingerprint density at radius 2 is 1.72 bits per heavy atom. The van der Waals surface area contributed by atoms with Gasteiger partial charge in [0.1, 0.15) is 12.2 Å². The Bertz CT molecular complexity index is 1200. The molecule has 1 N–H and O–H groups in total. The van der Waals surface area contributed by atoms with E-state index in [0.29, 0.717) is 25.2 Å². The average molecular weight is 425 g/mol. The molecule has 1 fully saturated rings. The molecule has 1 atom stereocenters. The highest BCUT2D eigenvalue weighted by Gasteiger charge is 2.35. The van der Waals surface area contributed by atoms with Crippen LogP contribution in [-0.4, -0.2) is 50.7 Å². The van der Waals surface area contributed by atoms with Crippen molar-refractivity contribution in [2.75, 3.05) is 13.1 Å². The molecule has 4 aromatic rings. The van der Waals surface area contributed by atoms with Crippen LogP contribution in [0, 0.1) is 0 Å². The predicted molar refractivity (Wildman–Crippen MR) is 123 cm³/mol. The zero-order valence-corrected chi connectivity index (χ0v) is 17.6. The lowest BCUT2D eigenvalue weighted by Crippen LogP contribution is -2.58. The SMILES string of the molecule is O=C(c1cc2cnccc2[nH]1)N1CC(=O)N(Cc2ccccc2)[C@@H](Cc2ccccc2)C1. The van der Waals surface area contributed by atoms with Gasteiger partial charge in [0.2, 0.25) is 5.91 Å². The molecule has 0 aliphatic carbocycles. The van der Waals surface area contributed by atoms with E-state index in [1.807, 2.05) is 59.5 Å². The van der Waals surface area contributed by atoms with Crippen molar-refractivity contribution in [2.45, 2.75) is 19.0 Å². The number of piperazine rings is 1. The van der Waals surface area contributed by atoms with Gasteiger partial charge in [0.15, 0.2) is 0 Å². The zero-order valence-electron chi connectivity index (χ0n) is 17.6. The molecule has 0 unspecified atom stereocenters. The summed E-state index contributed by atoms with van der Waals surface area (Å²) < 4.78 is 0. The molecule has 0 radical (unpaired) electrons. The van der Waals surface area contributed by atoms with Crippen LogP contribution in [0.4, 0.5) is 0 Å². The van der Waals surface area contributed by atoms with Gasteiger partial charge in [-0.2, -0.15) is 0 Å². The molecule has 0 bridgehead atoms. The predicted octanol–water partition coefficient (Wildman–Crippen LogP) is 3.66. The monoisotopic (exact) mass is 424 g/mol. The van der Waals surface area contributed by atoms with Crippen LogP contribution in [0.25, 0.3) is 10.9 Å². The summed E-state index contributed by atoms with van der Waals surface area (Å²) in [6, 6.07) is 23.7. The molecule has 0 spiro atoms. The van der Waals surface area contributed by atoms with Crippen molar-refractivity contribution < 1.29 is 9.59 Å². The summed E-state index contributed by atoms with van der Waals surface area (Å²) in [6.07, 6.45) is 4.11. The molecule has 2 aromatic heterocycles. The lowest BCUT2D eigenvalue weighted by atomic mass is 10.0. The van der Waals surface area contributed by atoms with Crippen molar-refractivity contribution in [1.29, 1.82) is 0 Å². The minimum absolute atomic E-state index is 0.0350. The van der Waals surface area contributed by atoms with E-state index in [2.05, 4.69) is 22.1 Å². The van der Waals surface area contributed by atoms with Crippen molar-refractivity contribution in [3.05, 3.63) is 102 Å². The highest BCUT2D eigenvalue weighted by atomic mass is 16.2. The number of aromatic amines is 1. The normalized spacial score (nSPS) is 16.5. The molecule has 6 heteroatoms. The van der Waals surface area contributed by atoms with Gasteiger partial charge in [-0.15, -0.1) is 0 Å². The third-order valence-corrected chi connectivity index (χ3v) is 5.97. The number of nitrogens with one attached hydrogen (secondary N) is 1. The van der Waals surface area contributed by atoms with Crippen LogP contribution in [0.1, 0.15) is 21.6 Å². The first-order chi connectivity index (χ1) is 15.7. The van der Waals surface area contributed by atoms with E-state index in [-0.39, 0.29) is 24.4 Å². The van der Waals surface area contributed by atoms with Gasteiger partial charge >= 0.3 is 0 Å². The maximum atomic E-state index is 13.3. The van der Waals surface area contributed by atoms with Crippen LogP contribution < -0.4 is 0 Å². The van der Waals surface area contributed by atoms with Crippen LogP contribution in [0.2, 0.25) is 0 Å². The molecule has 160 valence electrons. The maximum Gasteiger partial charge on any atom is 0.270 e. The van der Waals surface area contributed by atoms with Gasteiger partial charge in [0.25, 0.3) is 5.91 Å². The summed E-state index contributed by atoms with van der Waals surface area (Å²) in [6.45, 7) is 1.10. The van der Waals surface area contributed by atoms with Crippen molar-refractivity contribution >= 4 is 22.7 Å². The summed E-state index contributed by atoms with van der Waals surface area (Å²) in [5.41, 5.74) is 3.57. The number of pyridine rings is 1. The molecule has 3 heterocycles. The molecule has 1 saturated heterocycles. The van der Waals surface area contributed by atoms with Crippen LogP contribution in [-0.2, 0) is 17.8 Å². The van der Waals surface area contributed by atoms with Gasteiger partial charge in [-0.05, 0) is 29.7 Å². The zero-order chi connectivity index (χ0) is 21.9. The first-order valence-corrected chi connectivity index (χ1v) is 10.8. The van der Waals surface area contributed by atoms with Gasteiger partial charge in [0, 0.05) is 36.4 Å². The van der Waals surface area contributed by atoms with E-state index in [0.717, 1.165) is 22.0 Å². The lowest BCUT2D eigenvalue weighted by molar-refractivity contribution is -0.139. The van der Waals surface area contributed by atoms with Crippen LogP contribution in [0.15, 0.2) is 85.2 Å². The number of nitrogens with zero attached hydrogens (tertiary/aromatic N) is 3. The van der Waals surface area contributed by atoms with Gasteiger partial charge in [-0.1, -0.05) is 60.7 Å². The molecule has 2 amide bonds. The third kappa shape index (κ3) is 4.12. The average Bonchev–Trinajstić information content (AvgIpc) is 3.26. The molecule has 5 rings (SSSR count). The number of rotatable bonds is 5. The van der Waals surface area contributed by atoms with Gasteiger partial charge in [-0.3, -0.25) is 14.6 Å². The number of hydrogen-bond donors (Lipinski definition) is 1. The minimum Gasteiger partial charge on any atom is -0.350 e. The number of carbonyl (C=O) groups excluding carboxylic acids is 2. The molecular weight excluding hydrogens is 400 g/mol. The quantitative estimate of drug-likeness (QED) is 0.532. The fraction of sp³-hybridized carbons (Fsp3) is 0.192. The number of benzene rings is 2. The summed E-state index contributed by atoms with van der Waals surface area (Å²) >= 11 is 0. The highest BCUT2D eigenvalue weighted by molar-refractivity contribution is 5.99. The number of carbonyl (C=O) groups is 2. The second kappa shape index (κ2) is 8.67. The Balaban J connectivity index is 1.41. The van der Waals surface area contributed by atoms with Crippen LogP contribution in [0.3, 0.4) is 0 Å². The van der Waals surface area contributed by atoms with Crippen molar-refractivity contribution in [2.24, 2.45) is 0 Å². The minimum atomic E-state index is -0.160. The molecule has 6 nitrogen and oxygen atoms in total. The number of hydrogen-bond acceptors (Lipinski definition) is 3. The van der Waals surface area contributed by atoms with Crippen molar-refractivity contribution in [3.8, 4) is 0 Å². The van der Waals surface area contributed by atoms with Crippen LogP contribution in [0.5, 0.6) is 0 Å². The van der Waals surface area contributed by atoms with E-state index >= 15 is 0 Å². The molecule has 1 aliphatic heterocycles. The maximum absolute atomic E-state index is 13.3. The number of fused-ring (bicyclic) bond motifs is 1. The first-order valence-electron chi connectivity index (χ1n) is 10.8. The Morgan fingerprint density at radius 1 is 1.00 bits per heavy atom. The Hall–Kier alpha value is -3.93. The van der Waals surface area contributed by atoms with E-state index < -0.39 is 0 Å². The van der Waals surface area contributed by atoms with Gasteiger partial charge in [-0.25, -0.2) is 0 Å². The standard InChI is InChI=1S/C26H24N4O2/c31-25-18-29(26(32)24-14-21-15-27-12-11-23(21)28-24)17-22(13-19-7-3-1-4-8-19)30(25)16-20-9-5-2-6-10-20/h1-12,14-15,22,28H,13,16-18H2/t22-/m0/s1. The number of H-pyrrole nitrogens is 1. The Kier molecular flexibility index (Phi) is 5.42. The van der Waals surface area contributed by atoms with Crippen LogP contribution >= 0.6 is 0 Å². The van der Waals surface area contributed by atoms with E-state index in [4.69, 9.17) is 0 Å². The first kappa shape index (κ1) is 20.0. The summed E-state index contributed by atoms with van der Waals surface area (Å²) in [5.74, 6) is -0.195. The Morgan fingerprint density at radius 3 is 2.44 bits per heavy atom. The molecular formula is C26H24N4O2. The molecule has 1 aliphatic rings. The lowest BCUT2D eigenvalue weighted by Gasteiger charge is -2.41. The van der Waals surface area contributed by atoms with E-state index in [1.54, 1.807) is 23.4 Å². The second-order valence-electron chi connectivity index (χ2n) is 8.18. The van der Waals surface area contributed by atoms with Crippen molar-refractivity contribution in [3.63, 3.8) is 0 Å². The topological polar surface area (TPSA) is 69.3 Å². The summed E-state index contributed by atoms with van der Waals surface area (Å²) in [4.78, 5) is 37.4. The van der Waals surface area contributed by atoms with Crippen molar-refractivity contribution in [1.82, 2.24) is 19.8 Å². The summed E-state index contributed by atoms with van der Waals surface area (Å²) in [5, 5.41) is 0.880. The van der Waals surface area contributed by atoms with Gasteiger partial charge < -0.3 is 14.8 Å². The largest absolute Gasteiger partial charge is 0.350 e. The van der Waals surface area contributed by atoms with E-state index in [1.165, 1.54) is 0 Å². The fourth-order valence-corrected chi connectivity index (χ4v) is 4.35.